The Hall–Kier alpha value is -3.27. The SMILES string of the molecule is N#Cc1ccc(C(=O)Nc2ccc(C(N)=O)cc2N2CCCCC2)o1. The van der Waals surface area contributed by atoms with Gasteiger partial charge in [0.1, 0.15) is 6.07 Å². The first-order valence-corrected chi connectivity index (χ1v) is 8.08. The Morgan fingerprint density at radius 3 is 2.56 bits per heavy atom. The van der Waals surface area contributed by atoms with E-state index in [1.807, 2.05) is 6.07 Å². The zero-order valence-corrected chi connectivity index (χ0v) is 13.6. The highest BCUT2D eigenvalue weighted by atomic mass is 16.3. The van der Waals surface area contributed by atoms with Crippen LogP contribution in [0.1, 0.15) is 45.9 Å². The topological polar surface area (TPSA) is 112 Å². The number of nitrogens with two attached hydrogens (primary N) is 1. The minimum Gasteiger partial charge on any atom is -0.440 e. The lowest BCUT2D eigenvalue weighted by atomic mass is 10.1. The summed E-state index contributed by atoms with van der Waals surface area (Å²) in [4.78, 5) is 26.0. The number of rotatable bonds is 4. The van der Waals surface area contributed by atoms with E-state index in [2.05, 4.69) is 10.2 Å². The van der Waals surface area contributed by atoms with E-state index in [1.165, 1.54) is 12.1 Å². The fraction of sp³-hybridized carbons (Fsp3) is 0.278. The molecule has 7 nitrogen and oxygen atoms in total. The Morgan fingerprint density at radius 2 is 1.92 bits per heavy atom. The van der Waals surface area contributed by atoms with Crippen LogP contribution >= 0.6 is 0 Å². The summed E-state index contributed by atoms with van der Waals surface area (Å²) in [5.74, 6) is -0.835. The molecule has 0 aliphatic carbocycles. The van der Waals surface area contributed by atoms with Crippen molar-refractivity contribution < 1.29 is 14.0 Å². The van der Waals surface area contributed by atoms with E-state index in [4.69, 9.17) is 15.4 Å². The van der Waals surface area contributed by atoms with Crippen LogP contribution in [0, 0.1) is 11.3 Å². The van der Waals surface area contributed by atoms with Gasteiger partial charge in [-0.15, -0.1) is 0 Å². The number of benzene rings is 1. The summed E-state index contributed by atoms with van der Waals surface area (Å²) < 4.78 is 5.15. The molecule has 1 aromatic heterocycles. The molecule has 0 spiro atoms. The predicted octanol–water partition coefficient (Wildman–Crippen LogP) is 2.49. The predicted molar refractivity (Wildman–Crippen MR) is 92.4 cm³/mol. The summed E-state index contributed by atoms with van der Waals surface area (Å²) in [6, 6.07) is 9.68. The van der Waals surface area contributed by atoms with Gasteiger partial charge in [0.15, 0.2) is 5.76 Å². The number of nitriles is 1. The number of carbonyl (C=O) groups is 2. The molecule has 0 radical (unpaired) electrons. The molecule has 0 saturated carbocycles. The van der Waals surface area contributed by atoms with Crippen molar-refractivity contribution in [2.24, 2.45) is 5.73 Å². The average molecular weight is 338 g/mol. The number of hydrogen-bond donors (Lipinski definition) is 2. The number of anilines is 2. The maximum Gasteiger partial charge on any atom is 0.291 e. The summed E-state index contributed by atoms with van der Waals surface area (Å²) in [6.45, 7) is 1.70. The number of primary amides is 1. The minimum atomic E-state index is -0.513. The Labute approximate surface area is 145 Å². The van der Waals surface area contributed by atoms with Crippen molar-refractivity contribution in [3.05, 3.63) is 47.4 Å². The average Bonchev–Trinajstić information content (AvgIpc) is 3.12. The smallest absolute Gasteiger partial charge is 0.291 e. The fourth-order valence-electron chi connectivity index (χ4n) is 2.89. The molecule has 1 aliphatic rings. The Balaban J connectivity index is 1.90. The van der Waals surface area contributed by atoms with Crippen molar-refractivity contribution in [1.82, 2.24) is 0 Å². The lowest BCUT2D eigenvalue weighted by Crippen LogP contribution is -2.31. The number of piperidine rings is 1. The molecule has 1 saturated heterocycles. The van der Waals surface area contributed by atoms with Crippen molar-refractivity contribution in [3.8, 4) is 6.07 Å². The number of nitrogens with one attached hydrogen (secondary N) is 1. The number of amides is 2. The molecule has 1 fully saturated rings. The van der Waals surface area contributed by atoms with Crippen LogP contribution in [0.2, 0.25) is 0 Å². The van der Waals surface area contributed by atoms with Gasteiger partial charge in [-0.2, -0.15) is 5.26 Å². The molecule has 1 aliphatic heterocycles. The highest BCUT2D eigenvalue weighted by molar-refractivity contribution is 6.05. The van der Waals surface area contributed by atoms with Crippen LogP contribution < -0.4 is 16.0 Å². The second-order valence-electron chi connectivity index (χ2n) is 5.87. The van der Waals surface area contributed by atoms with Gasteiger partial charge in [0.25, 0.3) is 5.91 Å². The maximum absolute atomic E-state index is 12.4. The lowest BCUT2D eigenvalue weighted by molar-refractivity contribution is 0.0991. The molecule has 2 heterocycles. The van der Waals surface area contributed by atoms with Crippen molar-refractivity contribution in [2.45, 2.75) is 19.3 Å². The van der Waals surface area contributed by atoms with Gasteiger partial charge >= 0.3 is 0 Å². The van der Waals surface area contributed by atoms with Crippen LogP contribution in [0.4, 0.5) is 11.4 Å². The molecule has 0 atom stereocenters. The van der Waals surface area contributed by atoms with Crippen molar-refractivity contribution in [2.75, 3.05) is 23.3 Å². The number of carbonyl (C=O) groups excluding carboxylic acids is 2. The maximum atomic E-state index is 12.4. The second kappa shape index (κ2) is 7.09. The molecule has 2 amide bonds. The van der Waals surface area contributed by atoms with Gasteiger partial charge in [0, 0.05) is 18.7 Å². The van der Waals surface area contributed by atoms with Crippen LogP contribution in [0.5, 0.6) is 0 Å². The molecular formula is C18H18N4O3. The van der Waals surface area contributed by atoms with Crippen LogP contribution in [-0.2, 0) is 0 Å². The standard InChI is InChI=1S/C18H18N4O3/c19-11-13-5-7-16(25-13)18(24)21-14-6-4-12(17(20)23)10-15(14)22-8-2-1-3-9-22/h4-7,10H,1-3,8-9H2,(H2,20,23)(H,21,24). The second-order valence-corrected chi connectivity index (χ2v) is 5.87. The summed E-state index contributed by atoms with van der Waals surface area (Å²) in [6.07, 6.45) is 3.27. The molecule has 0 unspecified atom stereocenters. The summed E-state index contributed by atoms with van der Waals surface area (Å²) >= 11 is 0. The van der Waals surface area contributed by atoms with E-state index < -0.39 is 11.8 Å². The monoisotopic (exact) mass is 338 g/mol. The molecule has 1 aromatic carbocycles. The van der Waals surface area contributed by atoms with Crippen LogP contribution in [-0.4, -0.2) is 24.9 Å². The summed E-state index contributed by atoms with van der Waals surface area (Å²) in [5, 5.41) is 11.6. The first kappa shape index (κ1) is 16.6. The van der Waals surface area contributed by atoms with E-state index in [0.29, 0.717) is 11.3 Å². The summed E-state index contributed by atoms with van der Waals surface area (Å²) in [5.41, 5.74) is 7.11. The van der Waals surface area contributed by atoms with E-state index in [1.54, 1.807) is 18.2 Å². The van der Waals surface area contributed by atoms with Crippen molar-refractivity contribution >= 4 is 23.2 Å². The van der Waals surface area contributed by atoms with E-state index in [0.717, 1.165) is 38.0 Å². The van der Waals surface area contributed by atoms with Gasteiger partial charge in [-0.3, -0.25) is 9.59 Å². The van der Waals surface area contributed by atoms with Crippen LogP contribution in [0.25, 0.3) is 0 Å². The third-order valence-electron chi connectivity index (χ3n) is 4.17. The number of furan rings is 1. The minimum absolute atomic E-state index is 0.0557. The fourth-order valence-corrected chi connectivity index (χ4v) is 2.89. The Bertz CT molecular complexity index is 844. The molecule has 7 heteroatoms. The zero-order chi connectivity index (χ0) is 17.8. The third-order valence-corrected chi connectivity index (χ3v) is 4.17. The zero-order valence-electron chi connectivity index (χ0n) is 13.6. The molecule has 2 aromatic rings. The van der Waals surface area contributed by atoms with Gasteiger partial charge < -0.3 is 20.4 Å². The van der Waals surface area contributed by atoms with E-state index >= 15 is 0 Å². The summed E-state index contributed by atoms with van der Waals surface area (Å²) in [7, 11) is 0. The number of hydrogen-bond acceptors (Lipinski definition) is 5. The van der Waals surface area contributed by atoms with Crippen molar-refractivity contribution in [1.29, 1.82) is 5.26 Å². The van der Waals surface area contributed by atoms with Gasteiger partial charge in [-0.1, -0.05) is 0 Å². The normalized spacial score (nSPS) is 14.0. The highest BCUT2D eigenvalue weighted by Crippen LogP contribution is 2.30. The van der Waals surface area contributed by atoms with Gasteiger partial charge in [-0.25, -0.2) is 0 Å². The molecule has 128 valence electrons. The highest BCUT2D eigenvalue weighted by Gasteiger charge is 2.19. The molecule has 25 heavy (non-hydrogen) atoms. The van der Waals surface area contributed by atoms with Gasteiger partial charge in [0.2, 0.25) is 11.7 Å². The van der Waals surface area contributed by atoms with E-state index in [-0.39, 0.29) is 11.5 Å². The Morgan fingerprint density at radius 1 is 1.16 bits per heavy atom. The quantitative estimate of drug-likeness (QED) is 0.889. The van der Waals surface area contributed by atoms with Crippen LogP contribution in [0.15, 0.2) is 34.7 Å². The number of nitrogens with zero attached hydrogens (tertiary/aromatic N) is 2. The lowest BCUT2D eigenvalue weighted by Gasteiger charge is -2.30. The molecule has 3 N–H and O–H groups in total. The van der Waals surface area contributed by atoms with E-state index in [9.17, 15) is 9.59 Å². The molecule has 3 rings (SSSR count). The third kappa shape index (κ3) is 3.63. The van der Waals surface area contributed by atoms with Gasteiger partial charge in [-0.05, 0) is 49.6 Å². The molecular weight excluding hydrogens is 320 g/mol. The van der Waals surface area contributed by atoms with Crippen molar-refractivity contribution in [3.63, 3.8) is 0 Å². The largest absolute Gasteiger partial charge is 0.440 e. The Kier molecular flexibility index (Phi) is 4.70. The first-order valence-electron chi connectivity index (χ1n) is 8.08. The first-order chi connectivity index (χ1) is 12.1. The molecule has 0 bridgehead atoms. The van der Waals surface area contributed by atoms with Crippen LogP contribution in [0.3, 0.4) is 0 Å². The van der Waals surface area contributed by atoms with Gasteiger partial charge in [0.05, 0.1) is 11.4 Å².